The van der Waals surface area contributed by atoms with Crippen molar-refractivity contribution >= 4 is 17.7 Å². The van der Waals surface area contributed by atoms with Crippen molar-refractivity contribution < 1.29 is 14.3 Å². The number of aryl methyl sites for hydroxylation is 1. The van der Waals surface area contributed by atoms with E-state index in [1.807, 2.05) is 33.8 Å². The maximum atomic E-state index is 12.5. The third-order valence-electron chi connectivity index (χ3n) is 4.58. The van der Waals surface area contributed by atoms with Gasteiger partial charge in [-0.25, -0.2) is 9.78 Å². The molecule has 0 aromatic carbocycles. The Morgan fingerprint density at radius 1 is 1.19 bits per heavy atom. The minimum Gasteiger partial charge on any atom is -0.444 e. The Kier molecular flexibility index (Phi) is 7.63. The molecule has 150 valence electrons. The number of rotatable bonds is 7. The fraction of sp³-hybridized carbons (Fsp3) is 0.667. The van der Waals surface area contributed by atoms with Gasteiger partial charge < -0.3 is 15.0 Å². The molecule has 0 aliphatic carbocycles. The van der Waals surface area contributed by atoms with Gasteiger partial charge in [-0.05, 0) is 71.4 Å². The maximum Gasteiger partial charge on any atom is 0.407 e. The van der Waals surface area contributed by atoms with E-state index in [9.17, 15) is 9.59 Å². The number of amides is 1. The van der Waals surface area contributed by atoms with E-state index in [1.165, 1.54) is 19.3 Å². The molecule has 6 nitrogen and oxygen atoms in total. The van der Waals surface area contributed by atoms with Crippen LogP contribution in [0, 0.1) is 6.92 Å². The molecular weight excluding hydrogens is 342 g/mol. The summed E-state index contributed by atoms with van der Waals surface area (Å²) < 4.78 is 5.18. The van der Waals surface area contributed by atoms with Crippen LogP contribution in [0.3, 0.4) is 0 Å². The second-order valence-corrected chi connectivity index (χ2v) is 8.21. The fourth-order valence-electron chi connectivity index (χ4n) is 3.18. The van der Waals surface area contributed by atoms with Gasteiger partial charge in [0, 0.05) is 37.8 Å². The van der Waals surface area contributed by atoms with Crippen LogP contribution in [-0.2, 0) is 4.74 Å². The molecule has 1 aliphatic heterocycles. The molecule has 1 aromatic rings. The number of unbranched alkanes of at least 4 members (excludes halogenated alkanes) is 1. The van der Waals surface area contributed by atoms with E-state index in [0.29, 0.717) is 18.5 Å². The van der Waals surface area contributed by atoms with Gasteiger partial charge >= 0.3 is 6.09 Å². The molecule has 2 heterocycles. The van der Waals surface area contributed by atoms with Crippen LogP contribution in [0.4, 0.5) is 10.6 Å². The van der Waals surface area contributed by atoms with E-state index < -0.39 is 11.7 Å². The van der Waals surface area contributed by atoms with Gasteiger partial charge in [0.2, 0.25) is 0 Å². The Balaban J connectivity index is 1.75. The molecule has 1 amide bonds. The van der Waals surface area contributed by atoms with E-state index in [1.54, 1.807) is 6.20 Å². The highest BCUT2D eigenvalue weighted by Gasteiger charge is 2.17. The predicted molar refractivity (Wildman–Crippen MR) is 107 cm³/mol. The van der Waals surface area contributed by atoms with E-state index in [2.05, 4.69) is 15.2 Å². The summed E-state index contributed by atoms with van der Waals surface area (Å²) in [7, 11) is 0. The normalized spacial score (nSPS) is 14.7. The molecule has 1 aromatic heterocycles. The molecule has 0 radical (unpaired) electrons. The lowest BCUT2D eigenvalue weighted by Crippen LogP contribution is -2.33. The highest BCUT2D eigenvalue weighted by atomic mass is 16.6. The van der Waals surface area contributed by atoms with E-state index in [0.717, 1.165) is 37.3 Å². The van der Waals surface area contributed by atoms with E-state index >= 15 is 0 Å². The number of hydrogen-bond donors (Lipinski definition) is 1. The Labute approximate surface area is 162 Å². The largest absolute Gasteiger partial charge is 0.444 e. The van der Waals surface area contributed by atoms with E-state index in [-0.39, 0.29) is 5.78 Å². The molecule has 0 atom stereocenters. The zero-order valence-corrected chi connectivity index (χ0v) is 17.1. The standard InChI is InChI=1S/C21H33N3O3/c1-16-14-19(24-12-8-5-9-13-24)23-15-17(16)18(25)10-6-7-11-22-20(26)27-21(2,3)4/h14-15H,5-13H2,1-4H3,(H,22,26). The number of Topliss-reactive ketones (excluding diaryl/α,β-unsaturated/α-hetero) is 1. The summed E-state index contributed by atoms with van der Waals surface area (Å²) in [4.78, 5) is 30.9. The molecule has 1 N–H and O–H groups in total. The average Bonchev–Trinajstić information content (AvgIpc) is 2.60. The fourth-order valence-corrected chi connectivity index (χ4v) is 3.18. The van der Waals surface area contributed by atoms with Crippen LogP contribution < -0.4 is 10.2 Å². The van der Waals surface area contributed by atoms with Crippen molar-refractivity contribution in [2.45, 2.75) is 71.8 Å². The summed E-state index contributed by atoms with van der Waals surface area (Å²) in [6, 6.07) is 2.03. The van der Waals surface area contributed by atoms with E-state index in [4.69, 9.17) is 4.74 Å². The van der Waals surface area contributed by atoms with Crippen molar-refractivity contribution in [2.24, 2.45) is 0 Å². The Hall–Kier alpha value is -2.11. The number of aromatic nitrogens is 1. The third-order valence-corrected chi connectivity index (χ3v) is 4.58. The van der Waals surface area contributed by atoms with Gasteiger partial charge in [-0.2, -0.15) is 0 Å². The van der Waals surface area contributed by atoms with Crippen molar-refractivity contribution in [3.63, 3.8) is 0 Å². The molecule has 1 fully saturated rings. The number of piperidine rings is 1. The van der Waals surface area contributed by atoms with Gasteiger partial charge in [0.1, 0.15) is 11.4 Å². The zero-order chi connectivity index (χ0) is 19.9. The smallest absolute Gasteiger partial charge is 0.407 e. The maximum absolute atomic E-state index is 12.5. The first kappa shape index (κ1) is 21.2. The first-order chi connectivity index (χ1) is 12.8. The Bertz CT molecular complexity index is 647. The molecule has 1 aliphatic rings. The Morgan fingerprint density at radius 3 is 2.52 bits per heavy atom. The SMILES string of the molecule is Cc1cc(N2CCCCC2)ncc1C(=O)CCCCNC(=O)OC(C)(C)C. The minimum atomic E-state index is -0.495. The Morgan fingerprint density at radius 2 is 1.89 bits per heavy atom. The summed E-state index contributed by atoms with van der Waals surface area (Å²) in [6.45, 7) is 10.1. The molecule has 0 saturated carbocycles. The number of carbonyl (C=O) groups is 2. The van der Waals surface area contributed by atoms with Crippen molar-refractivity contribution in [2.75, 3.05) is 24.5 Å². The van der Waals surface area contributed by atoms with Crippen LogP contribution in [0.2, 0.25) is 0 Å². The summed E-state index contributed by atoms with van der Waals surface area (Å²) >= 11 is 0. The quantitative estimate of drug-likeness (QED) is 0.569. The van der Waals surface area contributed by atoms with Gasteiger partial charge in [0.15, 0.2) is 5.78 Å². The lowest BCUT2D eigenvalue weighted by Gasteiger charge is -2.28. The second-order valence-electron chi connectivity index (χ2n) is 8.21. The van der Waals surface area contributed by atoms with Crippen LogP contribution in [0.15, 0.2) is 12.3 Å². The highest BCUT2D eigenvalue weighted by Crippen LogP contribution is 2.21. The molecule has 2 rings (SSSR count). The molecule has 0 unspecified atom stereocenters. The molecule has 27 heavy (non-hydrogen) atoms. The summed E-state index contributed by atoms with van der Waals surface area (Å²) in [5, 5.41) is 2.72. The lowest BCUT2D eigenvalue weighted by molar-refractivity contribution is 0.0527. The van der Waals surface area contributed by atoms with Crippen molar-refractivity contribution in [1.82, 2.24) is 10.3 Å². The predicted octanol–water partition coefficient (Wildman–Crippen LogP) is 4.26. The number of pyridine rings is 1. The third kappa shape index (κ3) is 7.19. The monoisotopic (exact) mass is 375 g/mol. The number of carbonyl (C=O) groups excluding carboxylic acids is 2. The highest BCUT2D eigenvalue weighted by molar-refractivity contribution is 5.97. The molecule has 0 bridgehead atoms. The van der Waals surface area contributed by atoms with Gasteiger partial charge in [-0.1, -0.05) is 0 Å². The number of alkyl carbamates (subject to hydrolysis) is 1. The van der Waals surface area contributed by atoms with Crippen LogP contribution in [0.5, 0.6) is 0 Å². The van der Waals surface area contributed by atoms with Gasteiger partial charge in [0.25, 0.3) is 0 Å². The number of anilines is 1. The minimum absolute atomic E-state index is 0.113. The summed E-state index contributed by atoms with van der Waals surface area (Å²) in [5.74, 6) is 1.09. The van der Waals surface area contributed by atoms with Crippen molar-refractivity contribution in [1.29, 1.82) is 0 Å². The molecule has 6 heteroatoms. The number of ether oxygens (including phenoxy) is 1. The lowest BCUT2D eigenvalue weighted by atomic mass is 10.0. The topological polar surface area (TPSA) is 71.5 Å². The number of nitrogens with zero attached hydrogens (tertiary/aromatic N) is 2. The first-order valence-electron chi connectivity index (χ1n) is 9.98. The van der Waals surface area contributed by atoms with Crippen molar-refractivity contribution in [3.8, 4) is 0 Å². The van der Waals surface area contributed by atoms with Gasteiger partial charge in [-0.15, -0.1) is 0 Å². The number of nitrogens with one attached hydrogen (secondary N) is 1. The van der Waals surface area contributed by atoms with Crippen LogP contribution in [0.25, 0.3) is 0 Å². The van der Waals surface area contributed by atoms with Crippen LogP contribution in [-0.4, -0.2) is 42.1 Å². The average molecular weight is 376 g/mol. The second kappa shape index (κ2) is 9.72. The van der Waals surface area contributed by atoms with Crippen molar-refractivity contribution in [3.05, 3.63) is 23.4 Å². The summed E-state index contributed by atoms with van der Waals surface area (Å²) in [6.07, 6.45) is 6.93. The first-order valence-corrected chi connectivity index (χ1v) is 9.98. The molecule has 0 spiro atoms. The number of hydrogen-bond acceptors (Lipinski definition) is 5. The zero-order valence-electron chi connectivity index (χ0n) is 17.1. The van der Waals surface area contributed by atoms with Gasteiger partial charge in [0.05, 0.1) is 0 Å². The van der Waals surface area contributed by atoms with Gasteiger partial charge in [-0.3, -0.25) is 4.79 Å². The molecular formula is C21H33N3O3. The van der Waals surface area contributed by atoms with Crippen LogP contribution >= 0.6 is 0 Å². The number of ketones is 1. The molecule has 1 saturated heterocycles. The van der Waals surface area contributed by atoms with Crippen LogP contribution in [0.1, 0.15) is 75.2 Å². The summed E-state index contributed by atoms with van der Waals surface area (Å²) in [5.41, 5.74) is 1.20.